The van der Waals surface area contributed by atoms with Gasteiger partial charge in [-0.05, 0) is 10.4 Å². The molecule has 0 bridgehead atoms. The van der Waals surface area contributed by atoms with Gasteiger partial charge < -0.3 is 0 Å². The minimum absolute atomic E-state index is 0.386. The zero-order chi connectivity index (χ0) is 9.80. The summed E-state index contributed by atoms with van der Waals surface area (Å²) < 4.78 is 1.59. The highest BCUT2D eigenvalue weighted by atomic mass is 15.5. The van der Waals surface area contributed by atoms with Crippen LogP contribution >= 0.6 is 0 Å². The van der Waals surface area contributed by atoms with Crippen molar-refractivity contribution < 1.29 is 0 Å². The summed E-state index contributed by atoms with van der Waals surface area (Å²) in [6.07, 6.45) is 5.20. The maximum atomic E-state index is 5.20. The van der Waals surface area contributed by atoms with E-state index >= 15 is 0 Å². The van der Waals surface area contributed by atoms with E-state index < -0.39 is 0 Å². The Bertz CT molecular complexity index is 452. The lowest BCUT2D eigenvalue weighted by Gasteiger charge is -1.99. The molecule has 2 rings (SSSR count). The van der Waals surface area contributed by atoms with Crippen molar-refractivity contribution in [2.45, 2.75) is 6.54 Å². The first-order valence-corrected chi connectivity index (χ1v) is 4.17. The third-order valence-electron chi connectivity index (χ3n) is 1.80. The topological polar surface area (TPSA) is 43.6 Å². The highest BCUT2D eigenvalue weighted by Gasteiger charge is 2.05. The monoisotopic (exact) mass is 184 g/mol. The number of aromatic nitrogens is 4. The third kappa shape index (κ3) is 1.48. The molecule has 0 aliphatic rings. The smallest absolute Gasteiger partial charge is 0.182 e. The average Bonchev–Trinajstić information content (AvgIpc) is 2.68. The quantitative estimate of drug-likeness (QED) is 0.653. The lowest BCUT2D eigenvalue weighted by atomic mass is 10.2. The average molecular weight is 184 g/mol. The van der Waals surface area contributed by atoms with Crippen molar-refractivity contribution in [2.75, 3.05) is 0 Å². The van der Waals surface area contributed by atoms with Gasteiger partial charge in [0, 0.05) is 5.56 Å². The summed E-state index contributed by atoms with van der Waals surface area (Å²) in [6, 6.07) is 9.70. The minimum atomic E-state index is 0.386. The Hall–Kier alpha value is -2.15. The molecule has 0 amide bonds. The molecule has 1 aromatic carbocycles. The Morgan fingerprint density at radius 2 is 2.07 bits per heavy atom. The van der Waals surface area contributed by atoms with Gasteiger partial charge in [0.2, 0.25) is 0 Å². The Morgan fingerprint density at radius 3 is 2.79 bits per heavy atom. The van der Waals surface area contributed by atoms with Gasteiger partial charge in [0.15, 0.2) is 5.82 Å². The van der Waals surface area contributed by atoms with Crippen molar-refractivity contribution in [3.05, 3.63) is 30.3 Å². The fourth-order valence-electron chi connectivity index (χ4n) is 1.19. The molecular formula is C10H8N4. The molecular weight excluding hydrogens is 176 g/mol. The predicted molar refractivity (Wildman–Crippen MR) is 52.1 cm³/mol. The Balaban J connectivity index is 2.43. The van der Waals surface area contributed by atoms with E-state index in [1.807, 2.05) is 30.3 Å². The van der Waals surface area contributed by atoms with Crippen LogP contribution in [0.25, 0.3) is 11.4 Å². The van der Waals surface area contributed by atoms with Crippen molar-refractivity contribution in [1.82, 2.24) is 20.2 Å². The normalized spacial score (nSPS) is 9.64. The van der Waals surface area contributed by atoms with Crippen LogP contribution in [-0.2, 0) is 6.54 Å². The Morgan fingerprint density at radius 1 is 1.29 bits per heavy atom. The molecule has 2 aromatic rings. The zero-order valence-electron chi connectivity index (χ0n) is 7.46. The maximum Gasteiger partial charge on any atom is 0.182 e. The summed E-state index contributed by atoms with van der Waals surface area (Å²) in [6.45, 7) is 0.386. The summed E-state index contributed by atoms with van der Waals surface area (Å²) >= 11 is 0. The lowest BCUT2D eigenvalue weighted by molar-refractivity contribution is 0.675. The maximum absolute atomic E-state index is 5.20. The number of hydrogen-bond acceptors (Lipinski definition) is 3. The Kier molecular flexibility index (Phi) is 2.24. The molecule has 14 heavy (non-hydrogen) atoms. The molecule has 0 aliphatic carbocycles. The number of rotatable bonds is 2. The molecule has 68 valence electrons. The second kappa shape index (κ2) is 3.71. The second-order valence-corrected chi connectivity index (χ2v) is 2.73. The second-order valence-electron chi connectivity index (χ2n) is 2.73. The van der Waals surface area contributed by atoms with Crippen molar-refractivity contribution in [3.8, 4) is 23.7 Å². The minimum Gasteiger partial charge on any atom is -0.213 e. The lowest BCUT2D eigenvalue weighted by Crippen LogP contribution is -2.00. The van der Waals surface area contributed by atoms with Crippen molar-refractivity contribution in [3.63, 3.8) is 0 Å². The molecule has 0 saturated carbocycles. The molecule has 0 spiro atoms. The molecule has 0 N–H and O–H groups in total. The van der Waals surface area contributed by atoms with Crippen LogP contribution in [0.2, 0.25) is 0 Å². The summed E-state index contributed by atoms with van der Waals surface area (Å²) in [4.78, 5) is 0. The van der Waals surface area contributed by atoms with Gasteiger partial charge in [-0.1, -0.05) is 36.3 Å². The largest absolute Gasteiger partial charge is 0.213 e. The van der Waals surface area contributed by atoms with E-state index in [0.29, 0.717) is 12.4 Å². The molecule has 0 unspecified atom stereocenters. The number of benzene rings is 1. The summed E-state index contributed by atoms with van der Waals surface area (Å²) in [5.74, 6) is 3.20. The van der Waals surface area contributed by atoms with E-state index in [2.05, 4.69) is 21.4 Å². The summed E-state index contributed by atoms with van der Waals surface area (Å²) in [7, 11) is 0. The van der Waals surface area contributed by atoms with Crippen LogP contribution in [0.15, 0.2) is 30.3 Å². The van der Waals surface area contributed by atoms with E-state index in [1.54, 1.807) is 4.68 Å². The molecule has 0 saturated heterocycles. The van der Waals surface area contributed by atoms with Crippen LogP contribution in [0.3, 0.4) is 0 Å². The molecule has 4 nitrogen and oxygen atoms in total. The van der Waals surface area contributed by atoms with Gasteiger partial charge in [-0.2, -0.15) is 0 Å². The molecule has 0 atom stereocenters. The van der Waals surface area contributed by atoms with Gasteiger partial charge in [0.05, 0.1) is 0 Å². The molecule has 1 aromatic heterocycles. The fourth-order valence-corrected chi connectivity index (χ4v) is 1.19. The number of tetrazole rings is 1. The fraction of sp³-hybridized carbons (Fsp3) is 0.100. The van der Waals surface area contributed by atoms with Gasteiger partial charge in [-0.3, -0.25) is 0 Å². The van der Waals surface area contributed by atoms with Crippen LogP contribution in [0.4, 0.5) is 0 Å². The molecule has 4 heteroatoms. The predicted octanol–water partition coefficient (Wildman–Crippen LogP) is 0.973. The highest BCUT2D eigenvalue weighted by Crippen LogP contribution is 2.13. The first kappa shape index (κ1) is 8.45. The van der Waals surface area contributed by atoms with E-state index in [0.717, 1.165) is 5.56 Å². The highest BCUT2D eigenvalue weighted by molar-refractivity contribution is 5.53. The van der Waals surface area contributed by atoms with E-state index in [4.69, 9.17) is 6.42 Å². The molecule has 1 heterocycles. The van der Waals surface area contributed by atoms with Gasteiger partial charge in [-0.15, -0.1) is 11.5 Å². The van der Waals surface area contributed by atoms with Gasteiger partial charge in [0.25, 0.3) is 0 Å². The van der Waals surface area contributed by atoms with Gasteiger partial charge >= 0.3 is 0 Å². The first-order chi connectivity index (χ1) is 6.92. The van der Waals surface area contributed by atoms with Crippen LogP contribution in [-0.4, -0.2) is 20.2 Å². The SMILES string of the molecule is C#CCn1nnnc1-c1ccccc1. The van der Waals surface area contributed by atoms with Crippen LogP contribution in [0.5, 0.6) is 0 Å². The van der Waals surface area contributed by atoms with Crippen molar-refractivity contribution >= 4 is 0 Å². The molecule has 0 aliphatic heterocycles. The van der Waals surface area contributed by atoms with Gasteiger partial charge in [0.1, 0.15) is 6.54 Å². The summed E-state index contributed by atoms with van der Waals surface area (Å²) in [5.41, 5.74) is 0.966. The van der Waals surface area contributed by atoms with E-state index in [-0.39, 0.29) is 0 Å². The molecule has 0 fully saturated rings. The first-order valence-electron chi connectivity index (χ1n) is 4.17. The van der Waals surface area contributed by atoms with Crippen LogP contribution < -0.4 is 0 Å². The molecule has 0 radical (unpaired) electrons. The van der Waals surface area contributed by atoms with Crippen molar-refractivity contribution in [2.24, 2.45) is 0 Å². The van der Waals surface area contributed by atoms with Crippen molar-refractivity contribution in [1.29, 1.82) is 0 Å². The van der Waals surface area contributed by atoms with E-state index in [9.17, 15) is 0 Å². The van der Waals surface area contributed by atoms with Gasteiger partial charge in [-0.25, -0.2) is 4.68 Å². The number of nitrogens with zero attached hydrogens (tertiary/aromatic N) is 4. The van der Waals surface area contributed by atoms with Crippen LogP contribution in [0, 0.1) is 12.3 Å². The standard InChI is InChI=1S/C10H8N4/c1-2-8-14-10(11-12-13-14)9-6-4-3-5-7-9/h1,3-7H,8H2. The zero-order valence-corrected chi connectivity index (χ0v) is 7.46. The van der Waals surface area contributed by atoms with Crippen LogP contribution in [0.1, 0.15) is 0 Å². The number of hydrogen-bond donors (Lipinski definition) is 0. The summed E-state index contributed by atoms with van der Waals surface area (Å²) in [5, 5.41) is 11.3. The Labute approximate surface area is 81.6 Å². The number of terminal acetylenes is 1. The third-order valence-corrected chi connectivity index (χ3v) is 1.80. The van der Waals surface area contributed by atoms with E-state index in [1.165, 1.54) is 0 Å².